The van der Waals surface area contributed by atoms with Crippen LogP contribution in [0.2, 0.25) is 0 Å². The van der Waals surface area contributed by atoms with Crippen molar-refractivity contribution < 1.29 is 9.53 Å². The predicted molar refractivity (Wildman–Crippen MR) is 42.3 cm³/mol. The molecule has 0 aromatic rings. The van der Waals surface area contributed by atoms with Crippen molar-refractivity contribution in [3.05, 3.63) is 0 Å². The fourth-order valence-electron chi connectivity index (χ4n) is 1.42. The fraction of sp³-hybridized carbons (Fsp3) is 0.875. The molecule has 0 aliphatic carbocycles. The first kappa shape index (κ1) is 8.53. The number of rotatable bonds is 1. The van der Waals surface area contributed by atoms with Crippen LogP contribution >= 0.6 is 0 Å². The van der Waals surface area contributed by atoms with E-state index in [9.17, 15) is 4.79 Å². The minimum atomic E-state index is 0.159. The molecule has 0 aromatic heterocycles. The van der Waals surface area contributed by atoms with Crippen molar-refractivity contribution in [1.29, 1.82) is 0 Å². The van der Waals surface area contributed by atoms with Crippen LogP contribution in [0.1, 0.15) is 19.8 Å². The van der Waals surface area contributed by atoms with Crippen LogP contribution < -0.4 is 0 Å². The summed E-state index contributed by atoms with van der Waals surface area (Å²) in [5.41, 5.74) is 0. The van der Waals surface area contributed by atoms with Gasteiger partial charge in [0.2, 0.25) is 5.91 Å². The number of piperidine rings is 1. The molecule has 0 aromatic carbocycles. The lowest BCUT2D eigenvalue weighted by atomic mass is 10.1. The monoisotopic (exact) mass is 157 g/mol. The summed E-state index contributed by atoms with van der Waals surface area (Å²) in [5.74, 6) is 0.159. The van der Waals surface area contributed by atoms with Crippen molar-refractivity contribution in [2.24, 2.45) is 0 Å². The Balaban J connectivity index is 2.39. The quantitative estimate of drug-likeness (QED) is 0.559. The molecule has 3 nitrogen and oxygen atoms in total. The van der Waals surface area contributed by atoms with Crippen molar-refractivity contribution in [2.75, 3.05) is 20.2 Å². The second-order valence-corrected chi connectivity index (χ2v) is 2.96. The Bertz CT molecular complexity index is 147. The Morgan fingerprint density at radius 2 is 2.36 bits per heavy atom. The maximum absolute atomic E-state index is 10.9. The first-order valence-corrected chi connectivity index (χ1v) is 4.02. The summed E-state index contributed by atoms with van der Waals surface area (Å²) in [4.78, 5) is 12.8. The largest absolute Gasteiger partial charge is 0.380 e. The third-order valence-corrected chi connectivity index (χ3v) is 2.16. The van der Waals surface area contributed by atoms with Gasteiger partial charge in [-0.25, -0.2) is 0 Å². The lowest BCUT2D eigenvalue weighted by Gasteiger charge is -2.30. The van der Waals surface area contributed by atoms with E-state index in [0.717, 1.165) is 25.9 Å². The van der Waals surface area contributed by atoms with Gasteiger partial charge >= 0.3 is 0 Å². The van der Waals surface area contributed by atoms with Crippen molar-refractivity contribution in [3.8, 4) is 0 Å². The number of hydrogen-bond acceptors (Lipinski definition) is 2. The highest BCUT2D eigenvalue weighted by atomic mass is 16.5. The normalized spacial score (nSPS) is 25.3. The Kier molecular flexibility index (Phi) is 2.88. The van der Waals surface area contributed by atoms with Gasteiger partial charge in [-0.1, -0.05) is 0 Å². The lowest BCUT2D eigenvalue weighted by molar-refractivity contribution is -0.132. The Morgan fingerprint density at radius 1 is 1.64 bits per heavy atom. The predicted octanol–water partition coefficient (Wildman–Crippen LogP) is 0.644. The van der Waals surface area contributed by atoms with E-state index in [-0.39, 0.29) is 12.0 Å². The van der Waals surface area contributed by atoms with E-state index in [4.69, 9.17) is 4.74 Å². The molecule has 0 spiro atoms. The summed E-state index contributed by atoms with van der Waals surface area (Å²) in [5, 5.41) is 0. The lowest BCUT2D eigenvalue weighted by Crippen LogP contribution is -2.41. The molecular formula is C8H15NO2. The van der Waals surface area contributed by atoms with E-state index in [1.807, 2.05) is 4.90 Å². The Labute approximate surface area is 67.3 Å². The summed E-state index contributed by atoms with van der Waals surface area (Å²) in [7, 11) is 1.70. The third-order valence-electron chi connectivity index (χ3n) is 2.16. The number of hydrogen-bond donors (Lipinski definition) is 0. The van der Waals surface area contributed by atoms with Gasteiger partial charge in [0, 0.05) is 27.1 Å². The molecule has 1 amide bonds. The standard InChI is InChI=1S/C8H15NO2/c1-7(10)9-5-3-4-8(6-9)11-2/h8H,3-6H2,1-2H3/t8-/m0/s1. The molecular weight excluding hydrogens is 142 g/mol. The van der Waals surface area contributed by atoms with E-state index >= 15 is 0 Å². The zero-order valence-corrected chi connectivity index (χ0v) is 7.17. The highest BCUT2D eigenvalue weighted by Crippen LogP contribution is 2.11. The minimum Gasteiger partial charge on any atom is -0.380 e. The van der Waals surface area contributed by atoms with Crippen LogP contribution in [0.25, 0.3) is 0 Å². The molecule has 64 valence electrons. The zero-order chi connectivity index (χ0) is 8.27. The Hall–Kier alpha value is -0.570. The smallest absolute Gasteiger partial charge is 0.219 e. The molecule has 0 radical (unpaired) electrons. The fourth-order valence-corrected chi connectivity index (χ4v) is 1.42. The van der Waals surface area contributed by atoms with Gasteiger partial charge in [-0.3, -0.25) is 4.79 Å². The summed E-state index contributed by atoms with van der Waals surface area (Å²) < 4.78 is 5.18. The number of carbonyl (C=O) groups excluding carboxylic acids is 1. The van der Waals surface area contributed by atoms with Gasteiger partial charge < -0.3 is 9.64 Å². The summed E-state index contributed by atoms with van der Waals surface area (Å²) in [6.45, 7) is 3.28. The van der Waals surface area contributed by atoms with Crippen LogP contribution in [0, 0.1) is 0 Å². The van der Waals surface area contributed by atoms with Gasteiger partial charge in [-0.15, -0.1) is 0 Å². The van der Waals surface area contributed by atoms with E-state index in [0.29, 0.717) is 0 Å². The second-order valence-electron chi connectivity index (χ2n) is 2.96. The van der Waals surface area contributed by atoms with E-state index in [2.05, 4.69) is 0 Å². The molecule has 1 saturated heterocycles. The van der Waals surface area contributed by atoms with Crippen molar-refractivity contribution >= 4 is 5.91 Å². The van der Waals surface area contributed by atoms with Gasteiger partial charge in [-0.2, -0.15) is 0 Å². The van der Waals surface area contributed by atoms with Crippen LogP contribution in [-0.4, -0.2) is 37.1 Å². The first-order chi connectivity index (χ1) is 5.24. The van der Waals surface area contributed by atoms with Gasteiger partial charge in [0.05, 0.1) is 6.10 Å². The number of methoxy groups -OCH3 is 1. The van der Waals surface area contributed by atoms with E-state index in [1.54, 1.807) is 14.0 Å². The van der Waals surface area contributed by atoms with Crippen molar-refractivity contribution in [2.45, 2.75) is 25.9 Å². The van der Waals surface area contributed by atoms with Crippen LogP contribution in [0.15, 0.2) is 0 Å². The second kappa shape index (κ2) is 3.72. The topological polar surface area (TPSA) is 29.5 Å². The highest BCUT2D eigenvalue weighted by molar-refractivity contribution is 5.73. The van der Waals surface area contributed by atoms with Gasteiger partial charge in [-0.05, 0) is 12.8 Å². The number of likely N-dealkylation sites (tertiary alicyclic amines) is 1. The van der Waals surface area contributed by atoms with Crippen molar-refractivity contribution in [1.82, 2.24) is 4.90 Å². The molecule has 1 aliphatic rings. The third kappa shape index (κ3) is 2.19. The molecule has 0 N–H and O–H groups in total. The molecule has 1 aliphatic heterocycles. The maximum atomic E-state index is 10.9. The molecule has 3 heteroatoms. The highest BCUT2D eigenvalue weighted by Gasteiger charge is 2.20. The van der Waals surface area contributed by atoms with Crippen LogP contribution in [-0.2, 0) is 9.53 Å². The molecule has 11 heavy (non-hydrogen) atoms. The molecule has 0 unspecified atom stereocenters. The van der Waals surface area contributed by atoms with Crippen molar-refractivity contribution in [3.63, 3.8) is 0 Å². The summed E-state index contributed by atoms with van der Waals surface area (Å²) in [6, 6.07) is 0. The minimum absolute atomic E-state index is 0.159. The molecule has 1 rings (SSSR count). The number of ether oxygens (including phenoxy) is 1. The maximum Gasteiger partial charge on any atom is 0.219 e. The molecule has 1 heterocycles. The average molecular weight is 157 g/mol. The first-order valence-electron chi connectivity index (χ1n) is 4.02. The van der Waals surface area contributed by atoms with Gasteiger partial charge in [0.15, 0.2) is 0 Å². The number of nitrogens with zero attached hydrogens (tertiary/aromatic N) is 1. The van der Waals surface area contributed by atoms with Gasteiger partial charge in [0.1, 0.15) is 0 Å². The average Bonchev–Trinajstić information content (AvgIpc) is 2.05. The van der Waals surface area contributed by atoms with Crippen LogP contribution in [0.5, 0.6) is 0 Å². The van der Waals surface area contributed by atoms with Crippen LogP contribution in [0.3, 0.4) is 0 Å². The number of carbonyl (C=O) groups is 1. The Morgan fingerprint density at radius 3 is 2.91 bits per heavy atom. The molecule has 0 bridgehead atoms. The van der Waals surface area contributed by atoms with Gasteiger partial charge in [0.25, 0.3) is 0 Å². The van der Waals surface area contributed by atoms with E-state index < -0.39 is 0 Å². The zero-order valence-electron chi connectivity index (χ0n) is 7.17. The van der Waals surface area contributed by atoms with E-state index in [1.165, 1.54) is 0 Å². The molecule has 1 fully saturated rings. The number of amides is 1. The molecule has 0 saturated carbocycles. The molecule has 1 atom stereocenters. The summed E-state index contributed by atoms with van der Waals surface area (Å²) in [6.07, 6.45) is 2.41. The SMILES string of the molecule is CO[C@H]1CCCN(C(C)=O)C1. The van der Waals surface area contributed by atoms with Crippen LogP contribution in [0.4, 0.5) is 0 Å². The summed E-state index contributed by atoms with van der Waals surface area (Å²) >= 11 is 0.